The number of aliphatic hydroxyl groups is 1. The molecule has 4 rings (SSSR count). The van der Waals surface area contributed by atoms with E-state index in [4.69, 9.17) is 16.3 Å². The van der Waals surface area contributed by atoms with Crippen molar-refractivity contribution in [2.24, 2.45) is 0 Å². The molecule has 0 fully saturated rings. The van der Waals surface area contributed by atoms with Gasteiger partial charge in [0.1, 0.15) is 5.75 Å². The largest absolute Gasteiger partial charge is 0.487 e. The summed E-state index contributed by atoms with van der Waals surface area (Å²) in [4.78, 5) is 17.6. The van der Waals surface area contributed by atoms with Crippen LogP contribution in [-0.4, -0.2) is 45.1 Å². The van der Waals surface area contributed by atoms with Gasteiger partial charge in [-0.25, -0.2) is 4.98 Å². The molecular formula is C26H23BrClF2N3O4S. The molecule has 0 aliphatic heterocycles. The van der Waals surface area contributed by atoms with E-state index < -0.39 is 17.6 Å². The van der Waals surface area contributed by atoms with Crippen molar-refractivity contribution in [3.8, 4) is 5.75 Å². The zero-order valence-electron chi connectivity index (χ0n) is 20.0. The molecule has 7 nitrogen and oxygen atoms in total. The summed E-state index contributed by atoms with van der Waals surface area (Å²) >= 11 is 9.78. The minimum atomic E-state index is -3.82. The number of amides is 1. The van der Waals surface area contributed by atoms with Crippen LogP contribution in [0.15, 0.2) is 76.4 Å². The maximum atomic E-state index is 12.9. The summed E-state index contributed by atoms with van der Waals surface area (Å²) in [5, 5.41) is 13.4. The minimum absolute atomic E-state index is 0.142. The molecule has 1 amide bonds. The van der Waals surface area contributed by atoms with Gasteiger partial charge in [-0.3, -0.25) is 4.79 Å². The Morgan fingerprint density at radius 2 is 1.92 bits per heavy atom. The summed E-state index contributed by atoms with van der Waals surface area (Å²) in [6.07, 6.45) is 1.42. The predicted molar refractivity (Wildman–Crippen MR) is 147 cm³/mol. The first-order valence-electron chi connectivity index (χ1n) is 11.3. The normalized spacial score (nSPS) is 12.5. The highest BCUT2D eigenvalue weighted by atomic mass is 79.9. The van der Waals surface area contributed by atoms with E-state index in [1.807, 2.05) is 41.2 Å². The van der Waals surface area contributed by atoms with E-state index in [1.165, 1.54) is 36.0 Å². The topological polar surface area (TPSA) is 85.6 Å². The molecule has 38 heavy (non-hydrogen) atoms. The number of nitrogens with one attached hydrogen (secondary N) is 1. The van der Waals surface area contributed by atoms with Crippen LogP contribution in [0.3, 0.4) is 0 Å². The number of carbonyl (C=O) groups is 1. The number of fused-ring (bicyclic) bond motifs is 1. The zero-order chi connectivity index (χ0) is 27.3. The SMILES string of the molecule is CSc1nc2cc(C(=O)Nc3ccc(OC(F)(F)Cl)cc3)cc(Br)c2n1C[C@@H](CO)OCc1ccccc1. The molecule has 0 aliphatic rings. The average molecular weight is 627 g/mol. The summed E-state index contributed by atoms with van der Waals surface area (Å²) in [6.45, 7) is 0.543. The summed E-state index contributed by atoms with van der Waals surface area (Å²) in [5.74, 6) is -0.556. The standard InChI is InChI=1S/C26H23BrClF2N3O4S/c1-38-25-32-22-12-17(24(35)31-18-7-9-19(10-8-18)37-26(28,29)30)11-21(27)23(22)33(25)13-20(14-34)36-15-16-5-3-2-4-6-16/h2-12,20,34H,13-15H2,1H3,(H,31,35)/t20-/m0/s1. The van der Waals surface area contributed by atoms with E-state index in [0.717, 1.165) is 11.1 Å². The van der Waals surface area contributed by atoms with Gasteiger partial charge in [0.25, 0.3) is 5.91 Å². The number of hydrogen-bond acceptors (Lipinski definition) is 6. The van der Waals surface area contributed by atoms with E-state index in [-0.39, 0.29) is 12.4 Å². The smallest absolute Gasteiger partial charge is 0.420 e. The highest BCUT2D eigenvalue weighted by Crippen LogP contribution is 2.31. The van der Waals surface area contributed by atoms with Crippen LogP contribution in [0.2, 0.25) is 0 Å². The van der Waals surface area contributed by atoms with Crippen LogP contribution in [0.25, 0.3) is 11.0 Å². The second-order valence-corrected chi connectivity index (χ2v) is 10.2. The van der Waals surface area contributed by atoms with E-state index in [9.17, 15) is 18.7 Å². The molecule has 0 spiro atoms. The molecule has 0 bridgehead atoms. The Morgan fingerprint density at radius 1 is 1.21 bits per heavy atom. The van der Waals surface area contributed by atoms with Gasteiger partial charge in [-0.15, -0.1) is 8.78 Å². The molecule has 0 aliphatic carbocycles. The van der Waals surface area contributed by atoms with Gasteiger partial charge in [0.15, 0.2) is 5.16 Å². The Labute approximate surface area is 235 Å². The van der Waals surface area contributed by atoms with Crippen LogP contribution in [0.5, 0.6) is 5.75 Å². The fourth-order valence-corrected chi connectivity index (χ4v) is 5.08. The van der Waals surface area contributed by atoms with Crippen molar-refractivity contribution in [1.82, 2.24) is 9.55 Å². The highest BCUT2D eigenvalue weighted by Gasteiger charge is 2.27. The number of anilines is 1. The van der Waals surface area contributed by atoms with Crippen LogP contribution in [0.1, 0.15) is 15.9 Å². The van der Waals surface area contributed by atoms with Gasteiger partial charge in [0, 0.05) is 27.3 Å². The van der Waals surface area contributed by atoms with E-state index >= 15 is 0 Å². The van der Waals surface area contributed by atoms with Crippen LogP contribution in [0, 0.1) is 0 Å². The van der Waals surface area contributed by atoms with Gasteiger partial charge in [0.05, 0.1) is 36.9 Å². The fraction of sp³-hybridized carbons (Fsp3) is 0.231. The number of hydrogen-bond donors (Lipinski definition) is 2. The van der Waals surface area contributed by atoms with Crippen molar-refractivity contribution in [1.29, 1.82) is 0 Å². The van der Waals surface area contributed by atoms with E-state index in [2.05, 4.69) is 31.0 Å². The molecule has 1 heterocycles. The molecule has 2 N–H and O–H groups in total. The Hall–Kier alpha value is -2.70. The zero-order valence-corrected chi connectivity index (χ0v) is 23.2. The molecule has 200 valence electrons. The monoisotopic (exact) mass is 625 g/mol. The second-order valence-electron chi connectivity index (χ2n) is 8.16. The first-order chi connectivity index (χ1) is 18.2. The number of aromatic nitrogens is 2. The second kappa shape index (κ2) is 12.4. The maximum Gasteiger partial charge on any atom is 0.487 e. The van der Waals surface area contributed by atoms with Crippen LogP contribution in [-0.2, 0) is 17.9 Å². The Kier molecular flexibility index (Phi) is 9.27. The lowest BCUT2D eigenvalue weighted by molar-refractivity contribution is -0.0964. The number of carbonyl (C=O) groups excluding carboxylic acids is 1. The number of halogens is 4. The number of nitrogens with zero attached hydrogens (tertiary/aromatic N) is 2. The fourth-order valence-electron chi connectivity index (χ4n) is 3.75. The number of ether oxygens (including phenoxy) is 2. The molecule has 0 saturated carbocycles. The third-order valence-electron chi connectivity index (χ3n) is 5.47. The lowest BCUT2D eigenvalue weighted by Gasteiger charge is -2.18. The summed E-state index contributed by atoms with van der Waals surface area (Å²) in [7, 11) is 0. The molecule has 12 heteroatoms. The van der Waals surface area contributed by atoms with Gasteiger partial charge in [-0.2, -0.15) is 0 Å². The van der Waals surface area contributed by atoms with Gasteiger partial charge in [-0.05, 0) is 64.1 Å². The molecule has 4 aromatic rings. The van der Waals surface area contributed by atoms with Gasteiger partial charge < -0.3 is 24.5 Å². The van der Waals surface area contributed by atoms with Crippen LogP contribution in [0.4, 0.5) is 14.5 Å². The third-order valence-corrected chi connectivity index (χ3v) is 6.83. The van der Waals surface area contributed by atoms with Crippen LogP contribution >= 0.6 is 39.3 Å². The number of aliphatic hydroxyl groups excluding tert-OH is 1. The van der Waals surface area contributed by atoms with Crippen LogP contribution < -0.4 is 10.1 Å². The van der Waals surface area contributed by atoms with Crippen molar-refractivity contribution in [2.75, 3.05) is 18.2 Å². The van der Waals surface area contributed by atoms with Gasteiger partial charge in [0.2, 0.25) is 0 Å². The van der Waals surface area contributed by atoms with Crippen molar-refractivity contribution < 1.29 is 28.2 Å². The minimum Gasteiger partial charge on any atom is -0.420 e. The summed E-state index contributed by atoms with van der Waals surface area (Å²) < 4.78 is 38.4. The Morgan fingerprint density at radius 3 is 2.55 bits per heavy atom. The number of imidazole rings is 1. The number of alkyl halides is 3. The van der Waals surface area contributed by atoms with Crippen molar-refractivity contribution in [3.05, 3.63) is 82.3 Å². The molecular weight excluding hydrogens is 604 g/mol. The maximum absolute atomic E-state index is 12.9. The molecule has 1 atom stereocenters. The Bertz CT molecular complexity index is 1400. The lowest BCUT2D eigenvalue weighted by atomic mass is 10.1. The molecule has 0 radical (unpaired) electrons. The van der Waals surface area contributed by atoms with Crippen molar-refractivity contribution in [2.45, 2.75) is 30.0 Å². The molecule has 1 aromatic heterocycles. The number of rotatable bonds is 11. The highest BCUT2D eigenvalue weighted by molar-refractivity contribution is 9.10. The van der Waals surface area contributed by atoms with E-state index in [1.54, 1.807) is 12.1 Å². The van der Waals surface area contributed by atoms with Gasteiger partial charge >= 0.3 is 5.57 Å². The lowest BCUT2D eigenvalue weighted by Crippen LogP contribution is -2.24. The molecule has 0 unspecified atom stereocenters. The van der Waals surface area contributed by atoms with Crippen molar-refractivity contribution in [3.63, 3.8) is 0 Å². The first kappa shape index (κ1) is 28.3. The number of thioether (sulfide) groups is 1. The molecule has 0 saturated heterocycles. The predicted octanol–water partition coefficient (Wildman–Crippen LogP) is 6.52. The quantitative estimate of drug-likeness (QED) is 0.146. The number of benzene rings is 3. The van der Waals surface area contributed by atoms with Crippen molar-refractivity contribution >= 4 is 61.9 Å². The first-order valence-corrected chi connectivity index (χ1v) is 13.7. The molecule has 3 aromatic carbocycles. The van der Waals surface area contributed by atoms with E-state index in [0.29, 0.717) is 39.5 Å². The van der Waals surface area contributed by atoms with Gasteiger partial charge in [-0.1, -0.05) is 42.1 Å². The average Bonchev–Trinajstić information content (AvgIpc) is 3.25. The summed E-state index contributed by atoms with van der Waals surface area (Å²) in [6, 6.07) is 18.4. The third kappa shape index (κ3) is 7.23. The Balaban J connectivity index is 1.52. The summed E-state index contributed by atoms with van der Waals surface area (Å²) in [5.41, 5.74) is -0.752.